The Bertz CT molecular complexity index is 474. The molecule has 98 valence electrons. The molecule has 1 aliphatic heterocycles. The molecule has 1 fully saturated rings. The van der Waals surface area contributed by atoms with Crippen LogP contribution in [0.3, 0.4) is 0 Å². The Labute approximate surface area is 112 Å². The molecule has 0 aliphatic carbocycles. The zero-order chi connectivity index (χ0) is 13.3. The maximum Gasteiger partial charge on any atom is 0.292 e. The number of hydrogen-bond acceptors (Lipinski definition) is 3. The van der Waals surface area contributed by atoms with Gasteiger partial charge in [-0.2, -0.15) is 0 Å². The molecule has 1 aliphatic rings. The summed E-state index contributed by atoms with van der Waals surface area (Å²) in [6, 6.07) is 5.26. The van der Waals surface area contributed by atoms with Gasteiger partial charge >= 0.3 is 0 Å². The Morgan fingerprint density at radius 2 is 2.22 bits per heavy atom. The summed E-state index contributed by atoms with van der Waals surface area (Å²) in [5.74, 6) is 0.298. The third-order valence-electron chi connectivity index (χ3n) is 3.41. The molecule has 0 N–H and O–H groups in total. The number of hydrogen-bond donors (Lipinski definition) is 0. The lowest BCUT2D eigenvalue weighted by Gasteiger charge is -2.21. The first kappa shape index (κ1) is 13.1. The van der Waals surface area contributed by atoms with E-state index in [-0.39, 0.29) is 16.0 Å². The van der Waals surface area contributed by atoms with Crippen molar-refractivity contribution in [3.05, 3.63) is 33.9 Å². The predicted molar refractivity (Wildman–Crippen MR) is 73.3 cm³/mol. The molecular formula is C13H17ClN2O2. The van der Waals surface area contributed by atoms with Gasteiger partial charge in [-0.1, -0.05) is 19.9 Å². The van der Waals surface area contributed by atoms with Crippen LogP contribution in [0.1, 0.15) is 25.8 Å². The molecule has 0 bridgehead atoms. The highest BCUT2D eigenvalue weighted by Gasteiger charge is 2.32. The van der Waals surface area contributed by atoms with E-state index < -0.39 is 0 Å². The van der Waals surface area contributed by atoms with E-state index in [0.717, 1.165) is 25.1 Å². The number of halogens is 1. The van der Waals surface area contributed by atoms with Crippen LogP contribution in [-0.4, -0.2) is 18.0 Å². The summed E-state index contributed by atoms with van der Waals surface area (Å²) in [5.41, 5.74) is 1.87. The number of nitro benzene ring substituents is 1. The first-order chi connectivity index (χ1) is 8.43. The van der Waals surface area contributed by atoms with E-state index in [9.17, 15) is 10.1 Å². The lowest BCUT2D eigenvalue weighted by atomic mass is 9.93. The number of rotatable bonds is 3. The summed E-state index contributed by atoms with van der Waals surface area (Å²) >= 11 is 5.72. The first-order valence-electron chi connectivity index (χ1n) is 6.01. The third-order valence-corrected chi connectivity index (χ3v) is 3.72. The highest BCUT2D eigenvalue weighted by Crippen LogP contribution is 2.37. The summed E-state index contributed by atoms with van der Waals surface area (Å²) in [6.45, 7) is 6.10. The Kier molecular flexibility index (Phi) is 3.48. The van der Waals surface area contributed by atoms with Crippen molar-refractivity contribution in [2.75, 3.05) is 18.0 Å². The van der Waals surface area contributed by atoms with E-state index in [1.807, 2.05) is 12.1 Å². The summed E-state index contributed by atoms with van der Waals surface area (Å²) in [7, 11) is 0. The van der Waals surface area contributed by atoms with E-state index in [4.69, 9.17) is 11.6 Å². The fourth-order valence-electron chi connectivity index (χ4n) is 2.38. The predicted octanol–water partition coefficient (Wildman–Crippen LogP) is 3.57. The molecule has 1 aromatic carbocycles. The zero-order valence-electron chi connectivity index (χ0n) is 10.6. The summed E-state index contributed by atoms with van der Waals surface area (Å²) in [6.07, 6.45) is 1.06. The quantitative estimate of drug-likeness (QED) is 0.478. The molecule has 0 aromatic heterocycles. The maximum atomic E-state index is 11.1. The van der Waals surface area contributed by atoms with Crippen molar-refractivity contribution < 1.29 is 4.92 Å². The Morgan fingerprint density at radius 1 is 1.50 bits per heavy atom. The third kappa shape index (κ3) is 2.58. The highest BCUT2D eigenvalue weighted by molar-refractivity contribution is 6.17. The van der Waals surface area contributed by atoms with Crippen molar-refractivity contribution in [3.8, 4) is 0 Å². The smallest absolute Gasteiger partial charge is 0.292 e. The van der Waals surface area contributed by atoms with Gasteiger partial charge in [0.2, 0.25) is 0 Å². The van der Waals surface area contributed by atoms with Gasteiger partial charge in [-0.3, -0.25) is 10.1 Å². The molecule has 0 amide bonds. The molecule has 1 aromatic rings. The number of benzene rings is 1. The molecule has 2 rings (SSSR count). The van der Waals surface area contributed by atoms with Crippen LogP contribution in [0, 0.1) is 15.5 Å². The normalized spacial score (nSPS) is 18.1. The van der Waals surface area contributed by atoms with Gasteiger partial charge < -0.3 is 4.90 Å². The van der Waals surface area contributed by atoms with Crippen molar-refractivity contribution in [2.24, 2.45) is 5.41 Å². The summed E-state index contributed by atoms with van der Waals surface area (Å²) < 4.78 is 0. The van der Waals surface area contributed by atoms with E-state index in [1.165, 1.54) is 0 Å². The van der Waals surface area contributed by atoms with Gasteiger partial charge in [0.05, 0.1) is 4.92 Å². The molecule has 4 nitrogen and oxygen atoms in total. The minimum atomic E-state index is -0.323. The largest absolute Gasteiger partial charge is 0.365 e. The monoisotopic (exact) mass is 268 g/mol. The summed E-state index contributed by atoms with van der Waals surface area (Å²) in [5, 5.41) is 11.1. The van der Waals surface area contributed by atoms with Crippen LogP contribution in [0.4, 0.5) is 11.4 Å². The van der Waals surface area contributed by atoms with Gasteiger partial charge in [0.15, 0.2) is 0 Å². The fourth-order valence-corrected chi connectivity index (χ4v) is 2.55. The highest BCUT2D eigenvalue weighted by atomic mass is 35.5. The minimum absolute atomic E-state index is 0.158. The zero-order valence-corrected chi connectivity index (χ0v) is 11.4. The minimum Gasteiger partial charge on any atom is -0.365 e. The number of anilines is 1. The van der Waals surface area contributed by atoms with Crippen molar-refractivity contribution in [3.63, 3.8) is 0 Å². The number of alkyl halides is 1. The lowest BCUT2D eigenvalue weighted by molar-refractivity contribution is -0.384. The molecule has 5 heteroatoms. The molecule has 0 unspecified atom stereocenters. The van der Waals surface area contributed by atoms with Crippen LogP contribution in [0.25, 0.3) is 0 Å². The van der Waals surface area contributed by atoms with Crippen LogP contribution >= 0.6 is 11.6 Å². The number of nitro groups is 1. The molecule has 0 spiro atoms. The van der Waals surface area contributed by atoms with E-state index in [0.29, 0.717) is 11.6 Å². The Balaban J connectivity index is 2.36. The standard InChI is InChI=1S/C13H17ClN2O2/c1-13(2)5-6-15(9-13)11-4-3-10(8-14)7-12(11)16(17)18/h3-4,7H,5-6,8-9H2,1-2H3. The van der Waals surface area contributed by atoms with Gasteiger partial charge in [0.1, 0.15) is 5.69 Å². The molecular weight excluding hydrogens is 252 g/mol. The molecule has 1 heterocycles. The Hall–Kier alpha value is -1.29. The van der Waals surface area contributed by atoms with Crippen LogP contribution in [0.15, 0.2) is 18.2 Å². The lowest BCUT2D eigenvalue weighted by Crippen LogP contribution is -2.23. The molecule has 0 saturated carbocycles. The average molecular weight is 269 g/mol. The second-order valence-corrected chi connectivity index (χ2v) is 5.82. The van der Waals surface area contributed by atoms with Crippen LogP contribution < -0.4 is 4.90 Å². The van der Waals surface area contributed by atoms with E-state index in [1.54, 1.807) is 6.07 Å². The Morgan fingerprint density at radius 3 is 2.72 bits per heavy atom. The summed E-state index contributed by atoms with van der Waals surface area (Å²) in [4.78, 5) is 12.9. The average Bonchev–Trinajstić information content (AvgIpc) is 2.68. The molecule has 0 radical (unpaired) electrons. The van der Waals surface area contributed by atoms with Gasteiger partial charge in [-0.15, -0.1) is 11.6 Å². The van der Waals surface area contributed by atoms with Crippen LogP contribution in [0.2, 0.25) is 0 Å². The van der Waals surface area contributed by atoms with E-state index >= 15 is 0 Å². The first-order valence-corrected chi connectivity index (χ1v) is 6.55. The molecule has 1 saturated heterocycles. The van der Waals surface area contributed by atoms with Crippen molar-refractivity contribution >= 4 is 23.0 Å². The van der Waals surface area contributed by atoms with Gasteiger partial charge in [-0.25, -0.2) is 0 Å². The van der Waals surface area contributed by atoms with Crippen molar-refractivity contribution in [2.45, 2.75) is 26.1 Å². The second-order valence-electron chi connectivity index (χ2n) is 5.55. The van der Waals surface area contributed by atoms with Gasteiger partial charge in [0, 0.05) is 25.0 Å². The van der Waals surface area contributed by atoms with Gasteiger partial charge in [-0.05, 0) is 23.5 Å². The maximum absolute atomic E-state index is 11.1. The SMILES string of the molecule is CC1(C)CCN(c2ccc(CCl)cc2[N+](=O)[O-])C1. The van der Waals surface area contributed by atoms with Crippen molar-refractivity contribution in [1.82, 2.24) is 0 Å². The molecule has 18 heavy (non-hydrogen) atoms. The second kappa shape index (κ2) is 4.76. The number of nitrogens with zero attached hydrogens (tertiary/aromatic N) is 2. The van der Waals surface area contributed by atoms with Crippen LogP contribution in [-0.2, 0) is 5.88 Å². The van der Waals surface area contributed by atoms with Gasteiger partial charge in [0.25, 0.3) is 5.69 Å². The fraction of sp³-hybridized carbons (Fsp3) is 0.538. The molecule has 0 atom stereocenters. The van der Waals surface area contributed by atoms with E-state index in [2.05, 4.69) is 18.7 Å². The topological polar surface area (TPSA) is 46.4 Å². The van der Waals surface area contributed by atoms with Crippen molar-refractivity contribution in [1.29, 1.82) is 0 Å². The van der Waals surface area contributed by atoms with Crippen LogP contribution in [0.5, 0.6) is 0 Å².